The molecule has 2 saturated heterocycles. The van der Waals surface area contributed by atoms with Crippen molar-refractivity contribution < 1.29 is 84.3 Å². The largest absolute Gasteiger partial charge is 0.469 e. The molecule has 3 rings (SSSR count). The number of fused-ring (bicyclic) bond motifs is 2. The van der Waals surface area contributed by atoms with E-state index in [1.807, 2.05) is 37.3 Å². The molecule has 3 aliphatic rings. The number of ether oxygens (including phenoxy) is 5. The Morgan fingerprint density at radius 2 is 1.24 bits per heavy atom. The summed E-state index contributed by atoms with van der Waals surface area (Å²) in [5.41, 5.74) is 6.05. The molecule has 18 heteroatoms. The Hall–Kier alpha value is -3.44. The predicted octanol–water partition coefficient (Wildman–Crippen LogP) is 0.800. The van der Waals surface area contributed by atoms with Gasteiger partial charge in [-0.2, -0.15) is 0 Å². The molecule has 3 aliphatic heterocycles. The van der Waals surface area contributed by atoms with Gasteiger partial charge in [-0.1, -0.05) is 98.9 Å². The first-order valence-corrected chi connectivity index (χ1v) is 22.7. The van der Waals surface area contributed by atoms with Crippen molar-refractivity contribution in [3.8, 4) is 0 Å². The summed E-state index contributed by atoms with van der Waals surface area (Å²) in [6.45, 7) is 6.78. The van der Waals surface area contributed by atoms with E-state index in [0.29, 0.717) is 0 Å². The van der Waals surface area contributed by atoms with Crippen LogP contribution in [0.5, 0.6) is 0 Å². The van der Waals surface area contributed by atoms with Crippen molar-refractivity contribution >= 4 is 11.9 Å². The minimum Gasteiger partial charge on any atom is -0.469 e. The van der Waals surface area contributed by atoms with E-state index in [2.05, 4.69) is 0 Å². The molecule has 18 nitrogen and oxygen atoms in total. The maximum atomic E-state index is 13.1. The lowest BCUT2D eigenvalue weighted by atomic mass is 9.82. The first kappa shape index (κ1) is 56.9. The molecular formula is C48H75NO17. The third-order valence-electron chi connectivity index (χ3n) is 12.2. The van der Waals surface area contributed by atoms with Crippen LogP contribution in [0.1, 0.15) is 79.1 Å². The highest BCUT2D eigenvalue weighted by Gasteiger charge is 2.51. The minimum absolute atomic E-state index is 0.0949. The topological polar surface area (TPSA) is 309 Å². The van der Waals surface area contributed by atoms with Gasteiger partial charge in [0.05, 0.1) is 86.7 Å². The first-order chi connectivity index (χ1) is 31.2. The third kappa shape index (κ3) is 18.6. The Bertz CT molecular complexity index is 1680. The van der Waals surface area contributed by atoms with Crippen LogP contribution in [0.3, 0.4) is 0 Å². The number of cyclic esters (lactones) is 1. The lowest BCUT2D eigenvalue weighted by Gasteiger charge is -2.45. The minimum atomic E-state index is -2.27. The molecule has 0 aromatic heterocycles. The molecule has 0 aromatic rings. The third-order valence-corrected chi connectivity index (χ3v) is 12.2. The number of hydrogen-bond acceptors (Lipinski definition) is 18. The number of methoxy groups -OCH3 is 1. The van der Waals surface area contributed by atoms with Crippen LogP contribution in [0.15, 0.2) is 85.1 Å². The highest BCUT2D eigenvalue weighted by Crippen LogP contribution is 2.38. The number of aliphatic hydroxyl groups is 10. The van der Waals surface area contributed by atoms with E-state index in [1.165, 1.54) is 0 Å². The van der Waals surface area contributed by atoms with Gasteiger partial charge in [0.15, 0.2) is 12.1 Å². The van der Waals surface area contributed by atoms with Crippen molar-refractivity contribution in [1.82, 2.24) is 0 Å². The van der Waals surface area contributed by atoms with E-state index < -0.39 is 147 Å². The molecule has 0 aliphatic carbocycles. The first-order valence-electron chi connectivity index (χ1n) is 22.7. The second kappa shape index (κ2) is 28.1. The number of aliphatic hydroxyl groups excluding tert-OH is 9. The van der Waals surface area contributed by atoms with Crippen LogP contribution in [0, 0.1) is 17.8 Å². The summed E-state index contributed by atoms with van der Waals surface area (Å²) < 4.78 is 28.4. The smallest absolute Gasteiger partial charge is 0.313 e. The van der Waals surface area contributed by atoms with E-state index in [-0.39, 0.29) is 31.6 Å². The number of allylic oxidation sites excluding steroid dienone is 12. The highest BCUT2D eigenvalue weighted by atomic mass is 16.7. The van der Waals surface area contributed by atoms with Crippen molar-refractivity contribution in [2.75, 3.05) is 7.11 Å². The van der Waals surface area contributed by atoms with Gasteiger partial charge in [-0.05, 0) is 33.1 Å². The molecule has 19 atom stereocenters. The molecule has 0 amide bonds. The predicted molar refractivity (Wildman–Crippen MR) is 241 cm³/mol. The van der Waals surface area contributed by atoms with Crippen LogP contribution in [0.25, 0.3) is 0 Å². The van der Waals surface area contributed by atoms with Crippen molar-refractivity contribution in [3.05, 3.63) is 85.1 Å². The van der Waals surface area contributed by atoms with Crippen LogP contribution >= 0.6 is 0 Å². The number of nitrogens with two attached hydrogens (primary N) is 1. The summed E-state index contributed by atoms with van der Waals surface area (Å²) >= 11 is 0. The standard InChI is InChI=1S/C48H75NO17/c1-28-18-16-14-12-10-8-6-7-9-11-13-15-17-19-35(65-47-45(59)42(49)44(58)31(4)64-47)25-39-41(46(60)62-5)38(55)27-48(61,66-39)26-34(52)23-37(54)36(53)21-20-32(50)22-33(51)24-40(56)63-30(3)29(2)43(28)57/h6-19,28-39,41-45,47,50-55,57-59,61H,20-27,49H2,1-5H3/b7-6+,10-8+,11-9+,14-12+,15-13+,18-16+,19-17+/t28-,29-,30-,31+,32+,33+,34-,35?,36+,37+,38-,39-,41+,42-,43+,44+,45-,47?,48+/m0/s1. The molecule has 0 radical (unpaired) electrons. The number of carbonyl (C=O) groups is 2. The Labute approximate surface area is 387 Å². The van der Waals surface area contributed by atoms with Gasteiger partial charge in [0.2, 0.25) is 0 Å². The number of esters is 2. The van der Waals surface area contributed by atoms with Crippen molar-refractivity contribution in [2.45, 2.75) is 177 Å². The second-order valence-electron chi connectivity index (χ2n) is 17.8. The van der Waals surface area contributed by atoms with Crippen LogP contribution < -0.4 is 5.73 Å². The van der Waals surface area contributed by atoms with E-state index in [1.54, 1.807) is 75.5 Å². The van der Waals surface area contributed by atoms with Crippen LogP contribution in [0.2, 0.25) is 0 Å². The van der Waals surface area contributed by atoms with Crippen molar-refractivity contribution in [2.24, 2.45) is 23.5 Å². The van der Waals surface area contributed by atoms with Gasteiger partial charge < -0.3 is 80.5 Å². The van der Waals surface area contributed by atoms with Crippen LogP contribution in [-0.2, 0) is 33.3 Å². The van der Waals surface area contributed by atoms with E-state index in [9.17, 15) is 60.7 Å². The van der Waals surface area contributed by atoms with Gasteiger partial charge >= 0.3 is 11.9 Å². The number of hydrogen-bond donors (Lipinski definition) is 11. The summed E-state index contributed by atoms with van der Waals surface area (Å²) in [5, 5.41) is 109. The quantitative estimate of drug-likeness (QED) is 0.174. The molecule has 2 bridgehead atoms. The zero-order valence-electron chi connectivity index (χ0n) is 38.5. The Morgan fingerprint density at radius 1 is 0.667 bits per heavy atom. The molecule has 0 spiro atoms. The molecule has 12 N–H and O–H groups in total. The molecular weight excluding hydrogens is 863 g/mol. The lowest BCUT2D eigenvalue weighted by molar-refractivity contribution is -0.308. The van der Waals surface area contributed by atoms with Gasteiger partial charge in [-0.25, -0.2) is 0 Å². The SMILES string of the molecule is COC(=O)[C@H]1[C@@H]2CC(OC3O[C@H](C)[C@@H](O)[C@H](N)[C@@H]3O)/C=C/C=C/C=C/C=C/C=C/C=C/C=C/[C@H](C)[C@@H](O)[C@@H](C)[C@H](C)OC(=O)C[C@H](O)C[C@H](O)CC[C@@H](O)[C@H](O)C[C@H](O)C[C@](O)(C[C@@H]1O)O2. The monoisotopic (exact) mass is 938 g/mol. The fraction of sp³-hybridized carbons (Fsp3) is 0.667. The fourth-order valence-corrected chi connectivity index (χ4v) is 8.09. The maximum absolute atomic E-state index is 13.1. The van der Waals surface area contributed by atoms with Crippen LogP contribution in [0.4, 0.5) is 0 Å². The van der Waals surface area contributed by atoms with Crippen LogP contribution in [-0.4, -0.2) is 168 Å². The Morgan fingerprint density at radius 3 is 1.83 bits per heavy atom. The molecule has 0 aromatic carbocycles. The fourth-order valence-electron chi connectivity index (χ4n) is 8.09. The number of carbonyl (C=O) groups excluding carboxylic acids is 2. The number of rotatable bonds is 3. The average Bonchev–Trinajstić information content (AvgIpc) is 3.24. The molecule has 374 valence electrons. The van der Waals surface area contributed by atoms with E-state index >= 15 is 0 Å². The normalized spacial score (nSPS) is 44.9. The summed E-state index contributed by atoms with van der Waals surface area (Å²) in [7, 11) is 1.12. The zero-order valence-corrected chi connectivity index (χ0v) is 38.5. The van der Waals surface area contributed by atoms with Gasteiger partial charge in [-0.3, -0.25) is 9.59 Å². The summed E-state index contributed by atoms with van der Waals surface area (Å²) in [6.07, 6.45) is 4.50. The average molecular weight is 938 g/mol. The maximum Gasteiger partial charge on any atom is 0.313 e. The highest BCUT2D eigenvalue weighted by molar-refractivity contribution is 5.74. The van der Waals surface area contributed by atoms with E-state index in [0.717, 1.165) is 7.11 Å². The van der Waals surface area contributed by atoms with E-state index in [4.69, 9.17) is 29.4 Å². The molecule has 0 saturated carbocycles. The summed E-state index contributed by atoms with van der Waals surface area (Å²) in [5.74, 6) is -5.93. The molecule has 66 heavy (non-hydrogen) atoms. The van der Waals surface area contributed by atoms with Crippen molar-refractivity contribution in [1.29, 1.82) is 0 Å². The van der Waals surface area contributed by atoms with Gasteiger partial charge in [0, 0.05) is 37.5 Å². The van der Waals surface area contributed by atoms with Gasteiger partial charge in [-0.15, -0.1) is 0 Å². The molecule has 2 unspecified atom stereocenters. The van der Waals surface area contributed by atoms with Gasteiger partial charge in [0.25, 0.3) is 0 Å². The van der Waals surface area contributed by atoms with Crippen molar-refractivity contribution in [3.63, 3.8) is 0 Å². The summed E-state index contributed by atoms with van der Waals surface area (Å²) in [4.78, 5) is 25.7. The Balaban J connectivity index is 1.88. The zero-order chi connectivity index (χ0) is 49.1. The van der Waals surface area contributed by atoms with Gasteiger partial charge in [0.1, 0.15) is 18.1 Å². The Kier molecular flexibility index (Phi) is 24.3. The molecule has 2 fully saturated rings. The summed E-state index contributed by atoms with van der Waals surface area (Å²) in [6, 6.07) is -1.13. The lowest BCUT2D eigenvalue weighted by Crippen LogP contribution is -2.61. The second-order valence-corrected chi connectivity index (χ2v) is 17.8. The molecule has 3 heterocycles.